The number of hydrogen-bond acceptors (Lipinski definition) is 4. The lowest BCUT2D eigenvalue weighted by Crippen LogP contribution is -2.49. The number of ether oxygens (including phenoxy) is 1. The van der Waals surface area contributed by atoms with Crippen molar-refractivity contribution in [1.29, 1.82) is 0 Å². The molecule has 2 aromatic rings. The number of rotatable bonds is 5. The summed E-state index contributed by atoms with van der Waals surface area (Å²) in [5.74, 6) is -0.0288. The fourth-order valence-electron chi connectivity index (χ4n) is 3.68. The molecule has 1 fully saturated rings. The highest BCUT2D eigenvalue weighted by Crippen LogP contribution is 2.27. The molecule has 1 saturated heterocycles. The van der Waals surface area contributed by atoms with E-state index in [1.807, 2.05) is 55.1 Å². The SMILES string of the molecule is Cc1ccc(C(CC(=O)N2CCN(c3ccccc3)CC2)OC(N)=O)c(C)c1. The number of carbonyl (C=O) groups is 2. The number of aryl methyl sites for hydroxylation is 2. The maximum atomic E-state index is 12.9. The number of benzene rings is 2. The number of hydrogen-bond donors (Lipinski definition) is 1. The van der Waals surface area contributed by atoms with Gasteiger partial charge in [0.2, 0.25) is 5.91 Å². The van der Waals surface area contributed by atoms with Crippen LogP contribution in [0.25, 0.3) is 0 Å². The van der Waals surface area contributed by atoms with Crippen LogP contribution in [0.1, 0.15) is 29.2 Å². The predicted octanol–water partition coefficient (Wildman–Crippen LogP) is 3.18. The molecule has 0 spiro atoms. The second kappa shape index (κ2) is 8.78. The molecule has 148 valence electrons. The topological polar surface area (TPSA) is 75.9 Å². The van der Waals surface area contributed by atoms with Crippen LogP contribution in [0, 0.1) is 13.8 Å². The Bertz CT molecular complexity index is 830. The minimum absolute atomic E-state index is 0.0288. The lowest BCUT2D eigenvalue weighted by Gasteiger charge is -2.36. The number of primary amides is 1. The van der Waals surface area contributed by atoms with E-state index in [9.17, 15) is 9.59 Å². The fourth-order valence-corrected chi connectivity index (χ4v) is 3.68. The van der Waals surface area contributed by atoms with E-state index >= 15 is 0 Å². The molecule has 0 saturated carbocycles. The quantitative estimate of drug-likeness (QED) is 0.863. The van der Waals surface area contributed by atoms with Crippen molar-refractivity contribution in [1.82, 2.24) is 4.90 Å². The van der Waals surface area contributed by atoms with Gasteiger partial charge in [-0.15, -0.1) is 0 Å². The van der Waals surface area contributed by atoms with Gasteiger partial charge >= 0.3 is 6.09 Å². The Balaban J connectivity index is 1.65. The third kappa shape index (κ3) is 4.82. The van der Waals surface area contributed by atoms with Crippen molar-refractivity contribution in [2.75, 3.05) is 31.1 Å². The molecule has 0 bridgehead atoms. The average Bonchev–Trinajstić information content (AvgIpc) is 2.68. The first-order valence-corrected chi connectivity index (χ1v) is 9.55. The van der Waals surface area contributed by atoms with Gasteiger partial charge in [-0.2, -0.15) is 0 Å². The molecular weight excluding hydrogens is 354 g/mol. The molecule has 0 aromatic heterocycles. The normalized spacial score (nSPS) is 15.2. The van der Waals surface area contributed by atoms with Crippen LogP contribution >= 0.6 is 0 Å². The van der Waals surface area contributed by atoms with Crippen LogP contribution in [-0.4, -0.2) is 43.1 Å². The summed E-state index contributed by atoms with van der Waals surface area (Å²) in [4.78, 5) is 28.4. The minimum Gasteiger partial charge on any atom is -0.441 e. The Hall–Kier alpha value is -3.02. The van der Waals surface area contributed by atoms with Crippen LogP contribution in [0.15, 0.2) is 48.5 Å². The summed E-state index contributed by atoms with van der Waals surface area (Å²) in [5, 5.41) is 0. The molecule has 0 aliphatic carbocycles. The van der Waals surface area contributed by atoms with E-state index in [1.54, 1.807) is 0 Å². The van der Waals surface area contributed by atoms with Crippen molar-refractivity contribution in [2.24, 2.45) is 5.73 Å². The minimum atomic E-state index is -0.869. The van der Waals surface area contributed by atoms with Crippen LogP contribution in [0.5, 0.6) is 0 Å². The third-order valence-electron chi connectivity index (χ3n) is 5.14. The van der Waals surface area contributed by atoms with Crippen molar-refractivity contribution in [3.8, 4) is 0 Å². The average molecular weight is 381 g/mol. The first-order chi connectivity index (χ1) is 13.4. The zero-order valence-corrected chi connectivity index (χ0v) is 16.4. The van der Waals surface area contributed by atoms with E-state index in [4.69, 9.17) is 10.5 Å². The summed E-state index contributed by atoms with van der Waals surface area (Å²) in [6.07, 6.45) is -1.44. The molecule has 2 amide bonds. The van der Waals surface area contributed by atoms with Crippen molar-refractivity contribution >= 4 is 17.7 Å². The number of carbonyl (C=O) groups excluding carboxylic acids is 2. The van der Waals surface area contributed by atoms with Crippen LogP contribution in [0.2, 0.25) is 0 Å². The molecular formula is C22H27N3O3. The summed E-state index contributed by atoms with van der Waals surface area (Å²) in [6, 6.07) is 16.0. The van der Waals surface area contributed by atoms with Gasteiger partial charge in [0.05, 0.1) is 6.42 Å². The number of piperazine rings is 1. The molecule has 1 unspecified atom stereocenters. The lowest BCUT2D eigenvalue weighted by atomic mass is 9.98. The molecule has 2 aromatic carbocycles. The van der Waals surface area contributed by atoms with Crippen molar-refractivity contribution in [3.63, 3.8) is 0 Å². The zero-order chi connectivity index (χ0) is 20.1. The summed E-state index contributed by atoms with van der Waals surface area (Å²) in [6.45, 7) is 6.79. The van der Waals surface area contributed by atoms with Gasteiger partial charge in [-0.25, -0.2) is 4.79 Å². The molecule has 3 rings (SSSR count). The second-order valence-electron chi connectivity index (χ2n) is 7.19. The highest BCUT2D eigenvalue weighted by atomic mass is 16.6. The van der Waals surface area contributed by atoms with Gasteiger partial charge in [-0.1, -0.05) is 42.0 Å². The Morgan fingerprint density at radius 2 is 1.71 bits per heavy atom. The van der Waals surface area contributed by atoms with E-state index in [0.717, 1.165) is 29.8 Å². The fraction of sp³-hybridized carbons (Fsp3) is 0.364. The number of amides is 2. The van der Waals surface area contributed by atoms with E-state index in [-0.39, 0.29) is 12.3 Å². The van der Waals surface area contributed by atoms with Crippen molar-refractivity contribution in [2.45, 2.75) is 26.4 Å². The van der Waals surface area contributed by atoms with Crippen LogP contribution in [0.4, 0.5) is 10.5 Å². The van der Waals surface area contributed by atoms with Gasteiger partial charge in [0.15, 0.2) is 0 Å². The third-order valence-corrected chi connectivity index (χ3v) is 5.14. The summed E-state index contributed by atoms with van der Waals surface area (Å²) < 4.78 is 5.29. The maximum Gasteiger partial charge on any atom is 0.405 e. The molecule has 1 aliphatic rings. The number of anilines is 1. The summed E-state index contributed by atoms with van der Waals surface area (Å²) >= 11 is 0. The Labute approximate surface area is 165 Å². The van der Waals surface area contributed by atoms with Crippen LogP contribution in [-0.2, 0) is 9.53 Å². The molecule has 1 atom stereocenters. The van der Waals surface area contributed by atoms with Crippen LogP contribution in [0.3, 0.4) is 0 Å². The van der Waals surface area contributed by atoms with E-state index in [2.05, 4.69) is 17.0 Å². The number of para-hydroxylation sites is 1. The van der Waals surface area contributed by atoms with Crippen LogP contribution < -0.4 is 10.6 Å². The Morgan fingerprint density at radius 1 is 1.04 bits per heavy atom. The van der Waals surface area contributed by atoms with Gasteiger partial charge in [-0.3, -0.25) is 4.79 Å². The molecule has 1 heterocycles. The van der Waals surface area contributed by atoms with E-state index in [1.165, 1.54) is 5.69 Å². The van der Waals surface area contributed by atoms with Gasteiger partial charge in [0.1, 0.15) is 6.10 Å². The second-order valence-corrected chi connectivity index (χ2v) is 7.19. The van der Waals surface area contributed by atoms with E-state index < -0.39 is 12.2 Å². The predicted molar refractivity (Wildman–Crippen MR) is 109 cm³/mol. The smallest absolute Gasteiger partial charge is 0.405 e. The summed E-state index contributed by atoms with van der Waals surface area (Å²) in [7, 11) is 0. The maximum absolute atomic E-state index is 12.9. The summed E-state index contributed by atoms with van der Waals surface area (Å²) in [5.41, 5.74) is 9.33. The monoisotopic (exact) mass is 381 g/mol. The molecule has 28 heavy (non-hydrogen) atoms. The van der Waals surface area contributed by atoms with Gasteiger partial charge in [-0.05, 0) is 37.1 Å². The van der Waals surface area contributed by atoms with Crippen molar-refractivity contribution in [3.05, 3.63) is 65.2 Å². The largest absolute Gasteiger partial charge is 0.441 e. The molecule has 0 radical (unpaired) electrons. The van der Waals surface area contributed by atoms with E-state index in [0.29, 0.717) is 13.1 Å². The zero-order valence-electron chi connectivity index (χ0n) is 16.4. The lowest BCUT2D eigenvalue weighted by molar-refractivity contribution is -0.133. The standard InChI is InChI=1S/C22H27N3O3/c1-16-8-9-19(17(2)14-16)20(28-22(23)27)15-21(26)25-12-10-24(11-13-25)18-6-4-3-5-7-18/h3-9,14,20H,10-13,15H2,1-2H3,(H2,23,27). The van der Waals surface area contributed by atoms with Gasteiger partial charge in [0.25, 0.3) is 0 Å². The first kappa shape index (κ1) is 19.7. The number of nitrogens with zero attached hydrogens (tertiary/aromatic N) is 2. The Kier molecular flexibility index (Phi) is 6.19. The first-order valence-electron chi connectivity index (χ1n) is 9.55. The molecule has 6 nitrogen and oxygen atoms in total. The molecule has 2 N–H and O–H groups in total. The molecule has 6 heteroatoms. The van der Waals surface area contributed by atoms with Gasteiger partial charge < -0.3 is 20.3 Å². The Morgan fingerprint density at radius 3 is 2.32 bits per heavy atom. The van der Waals surface area contributed by atoms with Gasteiger partial charge in [0, 0.05) is 31.9 Å². The number of nitrogens with two attached hydrogens (primary N) is 1. The highest BCUT2D eigenvalue weighted by Gasteiger charge is 2.27. The highest BCUT2D eigenvalue weighted by molar-refractivity contribution is 5.78. The molecule has 1 aliphatic heterocycles. The van der Waals surface area contributed by atoms with Crippen molar-refractivity contribution < 1.29 is 14.3 Å².